The van der Waals surface area contributed by atoms with Crippen LogP contribution in [0.25, 0.3) is 0 Å². The third-order valence-corrected chi connectivity index (χ3v) is 4.58. The number of rotatable bonds is 4. The quantitative estimate of drug-likeness (QED) is 0.850. The molecule has 1 heterocycles. The van der Waals surface area contributed by atoms with Crippen LogP contribution in [-0.4, -0.2) is 15.7 Å². The Kier molecular flexibility index (Phi) is 5.01. The molecule has 0 amide bonds. The van der Waals surface area contributed by atoms with Crippen molar-refractivity contribution in [2.45, 2.75) is 51.3 Å². The van der Waals surface area contributed by atoms with Gasteiger partial charge in [0, 0.05) is 23.5 Å². The molecular weight excluding hydrogens is 242 g/mol. The van der Waals surface area contributed by atoms with E-state index in [4.69, 9.17) is 10.7 Å². The molecule has 0 bridgehead atoms. The summed E-state index contributed by atoms with van der Waals surface area (Å²) in [6, 6.07) is 0.139. The Bertz CT molecular complexity index is 393. The van der Waals surface area contributed by atoms with Crippen LogP contribution >= 0.6 is 11.8 Å². The Balaban J connectivity index is 2.04. The number of nitrogens with two attached hydrogens (primary N) is 1. The average molecular weight is 265 g/mol. The number of fused-ring (bicyclic) bond motifs is 1. The highest BCUT2D eigenvalue weighted by atomic mass is 32.2. The lowest BCUT2D eigenvalue weighted by atomic mass is 10.1. The van der Waals surface area contributed by atoms with Crippen molar-refractivity contribution in [3.8, 4) is 0 Å². The first-order valence-electron chi connectivity index (χ1n) is 6.85. The fraction of sp³-hybridized carbons (Fsp3) is 0.714. The van der Waals surface area contributed by atoms with E-state index in [9.17, 15) is 0 Å². The van der Waals surface area contributed by atoms with Crippen molar-refractivity contribution in [1.29, 1.82) is 0 Å². The van der Waals surface area contributed by atoms with E-state index >= 15 is 0 Å². The average Bonchev–Trinajstić information content (AvgIpc) is 2.51. The van der Waals surface area contributed by atoms with Crippen LogP contribution in [0.5, 0.6) is 0 Å². The number of hydrogen-bond acceptors (Lipinski definition) is 4. The summed E-state index contributed by atoms with van der Waals surface area (Å²) in [4.78, 5) is 9.18. The molecule has 0 aliphatic heterocycles. The lowest BCUT2D eigenvalue weighted by molar-refractivity contribution is 0.614. The zero-order valence-corrected chi connectivity index (χ0v) is 12.2. The zero-order chi connectivity index (χ0) is 13.0. The maximum atomic E-state index is 6.15. The largest absolute Gasteiger partial charge is 0.324 e. The van der Waals surface area contributed by atoms with Gasteiger partial charge in [-0.1, -0.05) is 20.3 Å². The topological polar surface area (TPSA) is 51.8 Å². The standard InChI is InChI=1S/C14H23N3S/c1-10(2)8-18-9-14-16-7-11-12(15)5-3-4-6-13(11)17-14/h7,10,12H,3-6,8-9,15H2,1-2H3. The van der Waals surface area contributed by atoms with Crippen LogP contribution in [0.15, 0.2) is 6.20 Å². The van der Waals surface area contributed by atoms with Crippen molar-refractivity contribution < 1.29 is 0 Å². The Morgan fingerprint density at radius 3 is 3.06 bits per heavy atom. The maximum Gasteiger partial charge on any atom is 0.138 e. The Morgan fingerprint density at radius 2 is 2.28 bits per heavy atom. The molecule has 100 valence electrons. The van der Waals surface area contributed by atoms with Gasteiger partial charge in [0.15, 0.2) is 0 Å². The summed E-state index contributed by atoms with van der Waals surface area (Å²) >= 11 is 1.91. The summed E-state index contributed by atoms with van der Waals surface area (Å²) in [5, 5.41) is 0. The molecule has 3 nitrogen and oxygen atoms in total. The van der Waals surface area contributed by atoms with Crippen LogP contribution in [0.1, 0.15) is 56.2 Å². The monoisotopic (exact) mass is 265 g/mol. The summed E-state index contributed by atoms with van der Waals surface area (Å²) < 4.78 is 0. The van der Waals surface area contributed by atoms with Gasteiger partial charge < -0.3 is 5.73 Å². The molecule has 0 radical (unpaired) electrons. The predicted molar refractivity (Wildman–Crippen MR) is 77.5 cm³/mol. The third-order valence-electron chi connectivity index (χ3n) is 3.21. The SMILES string of the molecule is CC(C)CSCc1ncc2c(n1)CCCCC2N. The predicted octanol–water partition coefficient (Wildman–Crippen LogP) is 3.09. The molecule has 1 aliphatic rings. The van der Waals surface area contributed by atoms with E-state index in [1.807, 2.05) is 18.0 Å². The molecule has 0 fully saturated rings. The smallest absolute Gasteiger partial charge is 0.138 e. The van der Waals surface area contributed by atoms with E-state index in [-0.39, 0.29) is 6.04 Å². The highest BCUT2D eigenvalue weighted by molar-refractivity contribution is 7.98. The molecule has 2 N–H and O–H groups in total. The van der Waals surface area contributed by atoms with E-state index in [1.54, 1.807) is 0 Å². The van der Waals surface area contributed by atoms with Crippen molar-refractivity contribution >= 4 is 11.8 Å². The first-order chi connectivity index (χ1) is 8.66. The molecule has 2 rings (SSSR count). The number of aromatic nitrogens is 2. The van der Waals surface area contributed by atoms with Gasteiger partial charge in [-0.2, -0.15) is 11.8 Å². The molecule has 4 heteroatoms. The summed E-state index contributed by atoms with van der Waals surface area (Å²) in [6.07, 6.45) is 6.50. The molecule has 0 spiro atoms. The van der Waals surface area contributed by atoms with Crippen LogP contribution in [0.2, 0.25) is 0 Å². The molecule has 1 aromatic heterocycles. The van der Waals surface area contributed by atoms with Gasteiger partial charge in [-0.15, -0.1) is 0 Å². The lowest BCUT2D eigenvalue weighted by Crippen LogP contribution is -2.13. The molecular formula is C14H23N3S. The second-order valence-electron chi connectivity index (χ2n) is 5.45. The first-order valence-corrected chi connectivity index (χ1v) is 8.00. The molecule has 1 aliphatic carbocycles. The summed E-state index contributed by atoms with van der Waals surface area (Å²) in [5.74, 6) is 3.78. The molecule has 1 atom stereocenters. The van der Waals surface area contributed by atoms with Crippen LogP contribution < -0.4 is 5.73 Å². The highest BCUT2D eigenvalue weighted by Gasteiger charge is 2.17. The van der Waals surface area contributed by atoms with Gasteiger partial charge in [0.1, 0.15) is 5.82 Å². The number of aryl methyl sites for hydroxylation is 1. The zero-order valence-electron chi connectivity index (χ0n) is 11.4. The molecule has 1 aromatic rings. The van der Waals surface area contributed by atoms with Crippen LogP contribution in [0, 0.1) is 5.92 Å². The van der Waals surface area contributed by atoms with Gasteiger partial charge in [0.25, 0.3) is 0 Å². The minimum absolute atomic E-state index is 0.139. The van der Waals surface area contributed by atoms with Gasteiger partial charge in [-0.25, -0.2) is 9.97 Å². The second kappa shape index (κ2) is 6.53. The summed E-state index contributed by atoms with van der Waals surface area (Å²) in [5.41, 5.74) is 8.51. The van der Waals surface area contributed by atoms with Crippen molar-refractivity contribution in [3.05, 3.63) is 23.3 Å². The minimum atomic E-state index is 0.139. The van der Waals surface area contributed by atoms with Crippen LogP contribution in [0.4, 0.5) is 0 Å². The fourth-order valence-electron chi connectivity index (χ4n) is 2.25. The Hall–Kier alpha value is -0.610. The van der Waals surface area contributed by atoms with E-state index in [0.717, 1.165) is 30.3 Å². The van der Waals surface area contributed by atoms with Gasteiger partial charge in [-0.3, -0.25) is 0 Å². The number of nitrogens with zero attached hydrogens (tertiary/aromatic N) is 2. The Labute approximate surface area is 114 Å². The molecule has 0 saturated heterocycles. The summed E-state index contributed by atoms with van der Waals surface area (Å²) in [7, 11) is 0. The summed E-state index contributed by atoms with van der Waals surface area (Å²) in [6.45, 7) is 4.48. The number of thioether (sulfide) groups is 1. The van der Waals surface area contributed by atoms with E-state index in [1.165, 1.54) is 29.9 Å². The molecule has 0 saturated carbocycles. The Morgan fingerprint density at radius 1 is 1.44 bits per heavy atom. The van der Waals surface area contributed by atoms with Crippen molar-refractivity contribution in [3.63, 3.8) is 0 Å². The van der Waals surface area contributed by atoms with Crippen LogP contribution in [-0.2, 0) is 12.2 Å². The fourth-order valence-corrected chi connectivity index (χ4v) is 3.16. The normalized spacial score (nSPS) is 19.7. The molecule has 0 aromatic carbocycles. The maximum absolute atomic E-state index is 6.15. The van der Waals surface area contributed by atoms with Crippen molar-refractivity contribution in [1.82, 2.24) is 9.97 Å². The van der Waals surface area contributed by atoms with Gasteiger partial charge in [0.2, 0.25) is 0 Å². The van der Waals surface area contributed by atoms with Gasteiger partial charge in [0.05, 0.1) is 5.75 Å². The van der Waals surface area contributed by atoms with E-state index < -0.39 is 0 Å². The van der Waals surface area contributed by atoms with Gasteiger partial charge in [-0.05, 0) is 30.9 Å². The number of hydrogen-bond donors (Lipinski definition) is 1. The van der Waals surface area contributed by atoms with Gasteiger partial charge >= 0.3 is 0 Å². The highest BCUT2D eigenvalue weighted by Crippen LogP contribution is 2.25. The molecule has 1 unspecified atom stereocenters. The second-order valence-corrected chi connectivity index (χ2v) is 6.48. The van der Waals surface area contributed by atoms with E-state index in [0.29, 0.717) is 0 Å². The lowest BCUT2D eigenvalue weighted by Gasteiger charge is -2.12. The minimum Gasteiger partial charge on any atom is -0.324 e. The van der Waals surface area contributed by atoms with E-state index in [2.05, 4.69) is 18.8 Å². The molecule has 18 heavy (non-hydrogen) atoms. The van der Waals surface area contributed by atoms with Crippen LogP contribution in [0.3, 0.4) is 0 Å². The third kappa shape index (κ3) is 3.69. The van der Waals surface area contributed by atoms with Crippen molar-refractivity contribution in [2.75, 3.05) is 5.75 Å². The first kappa shape index (κ1) is 13.8. The van der Waals surface area contributed by atoms with Crippen molar-refractivity contribution in [2.24, 2.45) is 11.7 Å².